The van der Waals surface area contributed by atoms with Gasteiger partial charge in [0.2, 0.25) is 0 Å². The molecule has 0 saturated heterocycles. The Kier molecular flexibility index (Phi) is 3.23. The molecule has 0 amide bonds. The van der Waals surface area contributed by atoms with Crippen LogP contribution >= 0.6 is 0 Å². The highest BCUT2D eigenvalue weighted by Crippen LogP contribution is 2.12. The number of hydrogen-bond donors (Lipinski definition) is 1. The number of hydrogen-bond acceptors (Lipinski definition) is 2. The van der Waals surface area contributed by atoms with Crippen molar-refractivity contribution in [3.63, 3.8) is 0 Å². The maximum atomic E-state index is 10.5. The van der Waals surface area contributed by atoms with Crippen LogP contribution in [0.5, 0.6) is 0 Å². The first-order valence-corrected chi connectivity index (χ1v) is 5.48. The third kappa shape index (κ3) is 2.72. The summed E-state index contributed by atoms with van der Waals surface area (Å²) in [4.78, 5) is 14.7. The molecule has 88 valence electrons. The topological polar surface area (TPSA) is 55.1 Å². The molecule has 4 nitrogen and oxygen atoms in total. The van der Waals surface area contributed by atoms with Crippen LogP contribution in [0.1, 0.15) is 17.8 Å². The van der Waals surface area contributed by atoms with Crippen molar-refractivity contribution in [2.75, 3.05) is 0 Å². The fraction of sp³-hybridized carbons (Fsp3) is 0.231. The molecule has 0 aliphatic heterocycles. The van der Waals surface area contributed by atoms with Gasteiger partial charge in [-0.2, -0.15) is 0 Å². The zero-order valence-corrected chi connectivity index (χ0v) is 9.63. The van der Waals surface area contributed by atoms with Gasteiger partial charge < -0.3 is 9.67 Å². The Morgan fingerprint density at radius 3 is 2.71 bits per heavy atom. The number of imidazole rings is 1. The van der Waals surface area contributed by atoms with Gasteiger partial charge in [-0.05, 0) is 19.1 Å². The second kappa shape index (κ2) is 4.82. The lowest BCUT2D eigenvalue weighted by atomic mass is 10.2. The molecule has 0 aliphatic carbocycles. The Morgan fingerprint density at radius 2 is 2.06 bits per heavy atom. The smallest absolute Gasteiger partial charge is 0.303 e. The van der Waals surface area contributed by atoms with Crippen molar-refractivity contribution in [2.24, 2.45) is 0 Å². The number of aliphatic carboxylic acids is 1. The van der Waals surface area contributed by atoms with Crippen LogP contribution in [0.15, 0.2) is 36.7 Å². The average Bonchev–Trinajstić information content (AvgIpc) is 2.75. The Bertz CT molecular complexity index is 514. The number of carboxylic acid groups (broad SMARTS) is 1. The molecule has 1 N–H and O–H groups in total. The Labute approximate surface area is 99.5 Å². The van der Waals surface area contributed by atoms with Crippen LogP contribution in [0.2, 0.25) is 0 Å². The molecule has 0 fully saturated rings. The van der Waals surface area contributed by atoms with Crippen LogP contribution in [0.3, 0.4) is 0 Å². The van der Waals surface area contributed by atoms with Crippen molar-refractivity contribution >= 4 is 5.97 Å². The lowest BCUT2D eigenvalue weighted by Crippen LogP contribution is -2.04. The van der Waals surface area contributed by atoms with E-state index >= 15 is 0 Å². The highest BCUT2D eigenvalue weighted by atomic mass is 16.4. The normalized spacial score (nSPS) is 10.4. The molecule has 1 aromatic carbocycles. The number of rotatable bonds is 4. The maximum Gasteiger partial charge on any atom is 0.303 e. The van der Waals surface area contributed by atoms with E-state index in [9.17, 15) is 4.79 Å². The highest BCUT2D eigenvalue weighted by Gasteiger charge is 2.06. The lowest BCUT2D eigenvalue weighted by molar-refractivity contribution is -0.137. The molecule has 0 radical (unpaired) electrons. The average molecular weight is 230 g/mol. The van der Waals surface area contributed by atoms with Crippen molar-refractivity contribution in [3.8, 4) is 5.69 Å². The summed E-state index contributed by atoms with van der Waals surface area (Å²) < 4.78 is 1.92. The second-order valence-corrected chi connectivity index (χ2v) is 3.94. The van der Waals surface area contributed by atoms with Crippen molar-refractivity contribution < 1.29 is 9.90 Å². The number of aromatic nitrogens is 2. The van der Waals surface area contributed by atoms with E-state index in [1.54, 1.807) is 6.20 Å². The summed E-state index contributed by atoms with van der Waals surface area (Å²) in [5.41, 5.74) is 2.20. The number of carbonyl (C=O) groups is 1. The summed E-state index contributed by atoms with van der Waals surface area (Å²) in [7, 11) is 0. The Hall–Kier alpha value is -2.10. The molecule has 4 heteroatoms. The van der Waals surface area contributed by atoms with Gasteiger partial charge in [0.15, 0.2) is 0 Å². The van der Waals surface area contributed by atoms with Gasteiger partial charge in [0, 0.05) is 24.5 Å². The van der Waals surface area contributed by atoms with Crippen molar-refractivity contribution in [3.05, 3.63) is 48.0 Å². The van der Waals surface area contributed by atoms with Crippen LogP contribution in [0.4, 0.5) is 0 Å². The fourth-order valence-electron chi connectivity index (χ4n) is 1.68. The summed E-state index contributed by atoms with van der Waals surface area (Å²) in [6, 6.07) is 8.05. The quantitative estimate of drug-likeness (QED) is 0.876. The minimum absolute atomic E-state index is 0.100. The first-order valence-electron chi connectivity index (χ1n) is 5.48. The minimum atomic E-state index is -0.802. The molecule has 0 spiro atoms. The largest absolute Gasteiger partial charge is 0.481 e. The zero-order valence-electron chi connectivity index (χ0n) is 9.63. The van der Waals surface area contributed by atoms with E-state index in [1.165, 1.54) is 5.56 Å². The minimum Gasteiger partial charge on any atom is -0.481 e. The number of carboxylic acids is 1. The zero-order chi connectivity index (χ0) is 12.3. The summed E-state index contributed by atoms with van der Waals surface area (Å²) in [6.45, 7) is 2.03. The van der Waals surface area contributed by atoms with Crippen molar-refractivity contribution in [1.29, 1.82) is 0 Å². The molecule has 0 bridgehead atoms. The predicted octanol–water partition coefficient (Wildman–Crippen LogP) is 2.20. The lowest BCUT2D eigenvalue weighted by Gasteiger charge is -2.07. The number of aryl methyl sites for hydroxylation is 2. The summed E-state index contributed by atoms with van der Waals surface area (Å²) >= 11 is 0. The van der Waals surface area contributed by atoms with Gasteiger partial charge in [-0.1, -0.05) is 17.7 Å². The van der Waals surface area contributed by atoms with Crippen LogP contribution in [0, 0.1) is 6.92 Å². The van der Waals surface area contributed by atoms with E-state index in [0.29, 0.717) is 6.42 Å². The monoisotopic (exact) mass is 230 g/mol. The van der Waals surface area contributed by atoms with Crippen LogP contribution in [-0.2, 0) is 11.2 Å². The van der Waals surface area contributed by atoms with Gasteiger partial charge in [-0.25, -0.2) is 4.98 Å². The van der Waals surface area contributed by atoms with E-state index in [4.69, 9.17) is 5.11 Å². The standard InChI is InChI=1S/C13H14N2O2/c1-10-2-4-11(5-3-10)15-9-8-14-12(15)6-7-13(16)17/h2-5,8-9H,6-7H2,1H3,(H,16,17). The molecule has 2 aromatic rings. The van der Waals surface area contributed by atoms with Gasteiger partial charge in [-0.15, -0.1) is 0 Å². The van der Waals surface area contributed by atoms with Gasteiger partial charge in [0.1, 0.15) is 5.82 Å². The van der Waals surface area contributed by atoms with Gasteiger partial charge in [0.25, 0.3) is 0 Å². The third-order valence-corrected chi connectivity index (χ3v) is 2.59. The van der Waals surface area contributed by atoms with Gasteiger partial charge in [0.05, 0.1) is 6.42 Å². The van der Waals surface area contributed by atoms with Crippen molar-refractivity contribution in [2.45, 2.75) is 19.8 Å². The fourth-order valence-corrected chi connectivity index (χ4v) is 1.68. The summed E-state index contributed by atoms with van der Waals surface area (Å²) in [6.07, 6.45) is 4.08. The number of benzene rings is 1. The molecular weight excluding hydrogens is 216 g/mol. The predicted molar refractivity (Wildman–Crippen MR) is 64.3 cm³/mol. The van der Waals surface area contributed by atoms with Crippen molar-refractivity contribution in [1.82, 2.24) is 9.55 Å². The highest BCUT2D eigenvalue weighted by molar-refractivity contribution is 5.66. The first kappa shape index (κ1) is 11.4. The molecule has 2 rings (SSSR count). The van der Waals surface area contributed by atoms with E-state index in [1.807, 2.05) is 42.0 Å². The Balaban J connectivity index is 2.24. The van der Waals surface area contributed by atoms with E-state index in [0.717, 1.165) is 11.5 Å². The molecule has 0 unspecified atom stereocenters. The SMILES string of the molecule is Cc1ccc(-n2ccnc2CCC(=O)O)cc1. The van der Waals surface area contributed by atoms with Gasteiger partial charge >= 0.3 is 5.97 Å². The van der Waals surface area contributed by atoms with E-state index < -0.39 is 5.97 Å². The molecule has 0 saturated carbocycles. The van der Waals surface area contributed by atoms with Crippen LogP contribution < -0.4 is 0 Å². The van der Waals surface area contributed by atoms with E-state index in [-0.39, 0.29) is 6.42 Å². The maximum absolute atomic E-state index is 10.5. The molecule has 1 aromatic heterocycles. The molecule has 17 heavy (non-hydrogen) atoms. The van der Waals surface area contributed by atoms with Crippen LogP contribution in [-0.4, -0.2) is 20.6 Å². The molecule has 1 heterocycles. The summed E-state index contributed by atoms with van der Waals surface area (Å²) in [5, 5.41) is 8.67. The molecule has 0 aliphatic rings. The third-order valence-electron chi connectivity index (χ3n) is 2.59. The number of nitrogens with zero attached hydrogens (tertiary/aromatic N) is 2. The van der Waals surface area contributed by atoms with E-state index in [2.05, 4.69) is 4.98 Å². The Morgan fingerprint density at radius 1 is 1.35 bits per heavy atom. The summed E-state index contributed by atoms with van der Waals surface area (Å²) in [5.74, 6) is -0.0280. The molecular formula is C13H14N2O2. The van der Waals surface area contributed by atoms with Gasteiger partial charge in [-0.3, -0.25) is 4.79 Å². The second-order valence-electron chi connectivity index (χ2n) is 3.94. The molecule has 0 atom stereocenters. The van der Waals surface area contributed by atoms with Crippen LogP contribution in [0.25, 0.3) is 5.69 Å². The first-order chi connectivity index (χ1) is 8.16.